The van der Waals surface area contributed by atoms with Gasteiger partial charge in [0.2, 0.25) is 5.95 Å². The summed E-state index contributed by atoms with van der Waals surface area (Å²) in [7, 11) is 0. The van der Waals surface area contributed by atoms with Gasteiger partial charge in [-0.15, -0.1) is 0 Å². The van der Waals surface area contributed by atoms with Crippen LogP contribution in [-0.4, -0.2) is 29.7 Å². The quantitative estimate of drug-likeness (QED) is 0.596. The first-order chi connectivity index (χ1) is 12.0. The van der Waals surface area contributed by atoms with Gasteiger partial charge in [0, 0.05) is 41.3 Å². The molecule has 0 aromatic carbocycles. The molecule has 0 spiro atoms. The normalized spacial score (nSPS) is 11.5. The number of rotatable bonds is 3. The molecular formula is C16H13F2N7. The average Bonchev–Trinajstić information content (AvgIpc) is 3.19. The van der Waals surface area contributed by atoms with Gasteiger partial charge in [0.1, 0.15) is 11.3 Å². The number of aromatic amines is 1. The van der Waals surface area contributed by atoms with Gasteiger partial charge in [-0.05, 0) is 24.6 Å². The van der Waals surface area contributed by atoms with Gasteiger partial charge < -0.3 is 10.7 Å². The molecule has 4 heterocycles. The lowest BCUT2D eigenvalue weighted by atomic mass is 10.1. The first-order valence-electron chi connectivity index (χ1n) is 7.43. The molecule has 0 aliphatic rings. The number of halogens is 2. The van der Waals surface area contributed by atoms with Crippen molar-refractivity contribution in [2.75, 3.05) is 5.73 Å². The maximum atomic E-state index is 13.2. The van der Waals surface area contributed by atoms with Gasteiger partial charge in [0.05, 0.1) is 5.69 Å². The van der Waals surface area contributed by atoms with Crippen molar-refractivity contribution in [2.24, 2.45) is 0 Å². The van der Waals surface area contributed by atoms with E-state index in [1.165, 1.54) is 12.4 Å². The minimum atomic E-state index is -2.77. The van der Waals surface area contributed by atoms with Crippen molar-refractivity contribution in [3.05, 3.63) is 42.5 Å². The highest BCUT2D eigenvalue weighted by Crippen LogP contribution is 2.32. The maximum Gasteiger partial charge on any atom is 0.333 e. The molecule has 4 aromatic rings. The number of nitrogens with two attached hydrogens (primary N) is 1. The zero-order valence-electron chi connectivity index (χ0n) is 13.1. The summed E-state index contributed by atoms with van der Waals surface area (Å²) in [5.74, 6) is 0.0586. The fourth-order valence-electron chi connectivity index (χ4n) is 2.68. The molecule has 0 atom stereocenters. The summed E-state index contributed by atoms with van der Waals surface area (Å²) in [4.78, 5) is 15.3. The first-order valence-corrected chi connectivity index (χ1v) is 7.43. The van der Waals surface area contributed by atoms with Crippen molar-refractivity contribution in [1.82, 2.24) is 29.7 Å². The lowest BCUT2D eigenvalue weighted by Crippen LogP contribution is -1.98. The Morgan fingerprint density at radius 2 is 2.12 bits per heavy atom. The van der Waals surface area contributed by atoms with E-state index in [2.05, 4.69) is 25.0 Å². The van der Waals surface area contributed by atoms with Crippen LogP contribution in [0.2, 0.25) is 0 Å². The molecule has 126 valence electrons. The number of aromatic nitrogens is 6. The summed E-state index contributed by atoms with van der Waals surface area (Å²) in [6.07, 6.45) is 6.14. The van der Waals surface area contributed by atoms with Crippen LogP contribution in [0, 0.1) is 6.92 Å². The summed E-state index contributed by atoms with van der Waals surface area (Å²) in [6, 6.07) is 3.46. The zero-order chi connectivity index (χ0) is 17.6. The highest BCUT2D eigenvalue weighted by molar-refractivity contribution is 5.87. The molecular weight excluding hydrogens is 328 g/mol. The van der Waals surface area contributed by atoms with Crippen LogP contribution in [0.15, 0.2) is 36.9 Å². The summed E-state index contributed by atoms with van der Waals surface area (Å²) < 4.78 is 26.9. The molecule has 0 radical (unpaired) electrons. The van der Waals surface area contributed by atoms with Crippen molar-refractivity contribution in [2.45, 2.75) is 13.5 Å². The molecule has 0 unspecified atom stereocenters. The van der Waals surface area contributed by atoms with Gasteiger partial charge in [0.25, 0.3) is 0 Å². The second-order valence-corrected chi connectivity index (χ2v) is 5.54. The lowest BCUT2D eigenvalue weighted by Gasteiger charge is -2.03. The third-order valence-electron chi connectivity index (χ3n) is 3.89. The summed E-state index contributed by atoms with van der Waals surface area (Å²) in [6.45, 7) is -0.828. The molecule has 0 amide bonds. The van der Waals surface area contributed by atoms with E-state index < -0.39 is 6.55 Å². The van der Waals surface area contributed by atoms with Crippen LogP contribution in [0.1, 0.15) is 12.1 Å². The molecule has 0 saturated heterocycles. The van der Waals surface area contributed by atoms with Gasteiger partial charge in [-0.25, -0.2) is 19.6 Å². The average molecular weight is 341 g/mol. The first kappa shape index (κ1) is 15.2. The van der Waals surface area contributed by atoms with Crippen LogP contribution in [0.4, 0.5) is 14.7 Å². The molecule has 3 N–H and O–H groups in total. The molecule has 0 aliphatic carbocycles. The number of H-pyrrole nitrogens is 1. The van der Waals surface area contributed by atoms with Crippen LogP contribution in [-0.2, 0) is 0 Å². The fourth-order valence-corrected chi connectivity index (χ4v) is 2.68. The molecule has 0 aliphatic heterocycles. The van der Waals surface area contributed by atoms with Gasteiger partial charge in [-0.2, -0.15) is 13.9 Å². The molecule has 7 nitrogen and oxygen atoms in total. The van der Waals surface area contributed by atoms with Crippen LogP contribution in [0.5, 0.6) is 0 Å². The smallest absolute Gasteiger partial charge is 0.333 e. The number of fused-ring (bicyclic) bond motifs is 1. The fraction of sp³-hybridized carbons (Fsp3) is 0.125. The molecule has 0 saturated carbocycles. The number of anilines is 1. The van der Waals surface area contributed by atoms with Crippen molar-refractivity contribution < 1.29 is 8.78 Å². The van der Waals surface area contributed by atoms with E-state index in [4.69, 9.17) is 5.73 Å². The number of pyridine rings is 1. The van der Waals surface area contributed by atoms with Crippen molar-refractivity contribution in [1.29, 1.82) is 0 Å². The van der Waals surface area contributed by atoms with Gasteiger partial charge in [-0.3, -0.25) is 0 Å². The van der Waals surface area contributed by atoms with E-state index >= 15 is 0 Å². The Morgan fingerprint density at radius 1 is 1.28 bits per heavy atom. The lowest BCUT2D eigenvalue weighted by molar-refractivity contribution is 0.0569. The van der Waals surface area contributed by atoms with Crippen molar-refractivity contribution in [3.63, 3.8) is 0 Å². The van der Waals surface area contributed by atoms with Gasteiger partial charge in [-0.1, -0.05) is 0 Å². The Morgan fingerprint density at radius 3 is 2.88 bits per heavy atom. The number of nitrogens with zero attached hydrogens (tertiary/aromatic N) is 5. The topological polar surface area (TPSA) is 98.3 Å². The maximum absolute atomic E-state index is 13.2. The Balaban J connectivity index is 1.94. The van der Waals surface area contributed by atoms with Crippen LogP contribution < -0.4 is 5.73 Å². The highest BCUT2D eigenvalue weighted by Gasteiger charge is 2.19. The number of hydrogen-bond donors (Lipinski definition) is 2. The van der Waals surface area contributed by atoms with Crippen molar-refractivity contribution in [3.8, 4) is 22.5 Å². The Kier molecular flexibility index (Phi) is 3.41. The van der Waals surface area contributed by atoms with Gasteiger partial charge >= 0.3 is 6.55 Å². The molecule has 0 fully saturated rings. The predicted molar refractivity (Wildman–Crippen MR) is 88.7 cm³/mol. The third kappa shape index (κ3) is 2.59. The molecule has 0 bridgehead atoms. The Hall–Kier alpha value is -3.36. The molecule has 4 aromatic heterocycles. The predicted octanol–water partition coefficient (Wildman–Crippen LogP) is 3.17. The molecule has 9 heteroatoms. The minimum Gasteiger partial charge on any atom is -0.368 e. The van der Waals surface area contributed by atoms with Crippen LogP contribution in [0.25, 0.3) is 33.5 Å². The van der Waals surface area contributed by atoms with Crippen LogP contribution >= 0.6 is 0 Å². The second kappa shape index (κ2) is 5.62. The zero-order valence-corrected chi connectivity index (χ0v) is 13.1. The van der Waals surface area contributed by atoms with Crippen molar-refractivity contribution >= 4 is 17.0 Å². The molecule has 4 rings (SSSR count). The molecule has 25 heavy (non-hydrogen) atoms. The number of nitrogens with one attached hydrogen (secondary N) is 1. The summed E-state index contributed by atoms with van der Waals surface area (Å²) in [5, 5.41) is 4.92. The largest absolute Gasteiger partial charge is 0.368 e. The van der Waals surface area contributed by atoms with E-state index in [1.807, 2.05) is 19.2 Å². The highest BCUT2D eigenvalue weighted by atomic mass is 19.3. The Labute approximate surface area is 140 Å². The number of nitrogen functional groups attached to an aromatic ring is 1. The van der Waals surface area contributed by atoms with E-state index in [-0.39, 0.29) is 5.95 Å². The monoisotopic (exact) mass is 341 g/mol. The third-order valence-corrected chi connectivity index (χ3v) is 3.89. The second-order valence-electron chi connectivity index (χ2n) is 5.54. The van der Waals surface area contributed by atoms with E-state index in [9.17, 15) is 8.78 Å². The number of aryl methyl sites for hydroxylation is 1. The summed E-state index contributed by atoms with van der Waals surface area (Å²) >= 11 is 0. The standard InChI is InChI=1S/C16H13F2N7/c1-8-5-21-14-10(8)4-9(6-22-14)13-11(7-25(24-13)15(17)18)12-2-3-20-16(19)23-12/h2-7,15H,1H3,(H,21,22)(H2,19,20,23). The van der Waals surface area contributed by atoms with E-state index in [0.717, 1.165) is 16.6 Å². The summed E-state index contributed by atoms with van der Waals surface area (Å²) in [5.41, 5.74) is 9.17. The van der Waals surface area contributed by atoms with Crippen LogP contribution in [0.3, 0.4) is 0 Å². The van der Waals surface area contributed by atoms with Gasteiger partial charge in [0.15, 0.2) is 0 Å². The van der Waals surface area contributed by atoms with E-state index in [0.29, 0.717) is 27.2 Å². The minimum absolute atomic E-state index is 0.0586. The SMILES string of the molecule is Cc1c[nH]c2ncc(-c3nn(C(F)F)cc3-c3ccnc(N)n3)cc12. The Bertz CT molecular complexity index is 1070. The van der Waals surface area contributed by atoms with E-state index in [1.54, 1.807) is 12.3 Å². The number of hydrogen-bond acceptors (Lipinski definition) is 5. The number of alkyl halides is 2.